The van der Waals surface area contributed by atoms with E-state index in [0.29, 0.717) is 19.3 Å². The highest BCUT2D eigenvalue weighted by molar-refractivity contribution is 5.80. The number of aliphatic hydroxyl groups excluding tert-OH is 4. The van der Waals surface area contributed by atoms with Crippen molar-refractivity contribution in [2.45, 2.75) is 160 Å². The lowest BCUT2D eigenvalue weighted by atomic mass is 10.00. The van der Waals surface area contributed by atoms with Crippen molar-refractivity contribution < 1.29 is 25.2 Å². The van der Waals surface area contributed by atoms with E-state index in [4.69, 9.17) is 0 Å². The Hall–Kier alpha value is -1.47. The molecule has 0 saturated heterocycles. The Morgan fingerprint density at radius 3 is 1.59 bits per heavy atom. The van der Waals surface area contributed by atoms with Crippen molar-refractivity contribution in [3.05, 3.63) is 36.5 Å². The second kappa shape index (κ2) is 28.1. The molecule has 0 aromatic carbocycles. The van der Waals surface area contributed by atoms with E-state index >= 15 is 0 Å². The molecule has 0 fully saturated rings. The van der Waals surface area contributed by atoms with Crippen molar-refractivity contribution in [2.75, 3.05) is 6.61 Å². The van der Waals surface area contributed by atoms with Crippen molar-refractivity contribution in [2.24, 2.45) is 0 Å². The molecule has 0 heterocycles. The number of unbranched alkanes of at least 4 members (excludes halogenated alkanes) is 12. The van der Waals surface area contributed by atoms with Gasteiger partial charge < -0.3 is 25.7 Å². The number of hydrogen-bond acceptors (Lipinski definition) is 5. The van der Waals surface area contributed by atoms with Gasteiger partial charge in [0, 0.05) is 0 Å². The van der Waals surface area contributed by atoms with Crippen molar-refractivity contribution in [3.8, 4) is 0 Å². The second-order valence-corrected chi connectivity index (χ2v) is 10.8. The standard InChI is InChI=1S/C33H61NO5/c1-3-5-7-9-11-13-14-15-16-17-18-19-21-22-24-26-30(36)32(38)29(28-35)34-33(39)31(37)27-25-23-20-12-10-8-6-4-2/h9,11,15-16,19,21,29-32,35-38H,3-8,10,12-14,17-18,20,22-28H2,1-2H3,(H,34,39)/b11-9+,16-15+,21-19+. The van der Waals surface area contributed by atoms with Gasteiger partial charge in [-0.15, -0.1) is 0 Å². The van der Waals surface area contributed by atoms with Gasteiger partial charge >= 0.3 is 0 Å². The molecule has 0 saturated carbocycles. The molecule has 0 aromatic rings. The number of allylic oxidation sites excluding steroid dienone is 6. The summed E-state index contributed by atoms with van der Waals surface area (Å²) in [6, 6.07) is -1.00. The largest absolute Gasteiger partial charge is 0.394 e. The average molecular weight is 552 g/mol. The van der Waals surface area contributed by atoms with E-state index in [1.54, 1.807) is 0 Å². The van der Waals surface area contributed by atoms with Gasteiger partial charge in [0.1, 0.15) is 12.2 Å². The predicted octanol–water partition coefficient (Wildman–Crippen LogP) is 6.67. The molecule has 4 atom stereocenters. The molecular weight excluding hydrogens is 490 g/mol. The fraction of sp³-hybridized carbons (Fsp3) is 0.788. The molecule has 0 bridgehead atoms. The maximum atomic E-state index is 12.3. The number of amides is 1. The van der Waals surface area contributed by atoms with Crippen molar-refractivity contribution >= 4 is 5.91 Å². The highest BCUT2D eigenvalue weighted by atomic mass is 16.3. The van der Waals surface area contributed by atoms with E-state index in [0.717, 1.165) is 51.4 Å². The summed E-state index contributed by atoms with van der Waals surface area (Å²) in [6.07, 6.45) is 28.9. The van der Waals surface area contributed by atoms with Crippen LogP contribution in [0.25, 0.3) is 0 Å². The zero-order chi connectivity index (χ0) is 29.0. The molecule has 5 N–H and O–H groups in total. The minimum absolute atomic E-state index is 0.357. The fourth-order valence-corrected chi connectivity index (χ4v) is 4.42. The Kier molecular flexibility index (Phi) is 27.0. The Labute approximate surface area is 239 Å². The number of aliphatic hydroxyl groups is 4. The first kappa shape index (κ1) is 37.5. The predicted molar refractivity (Wildman–Crippen MR) is 164 cm³/mol. The van der Waals surface area contributed by atoms with Crippen LogP contribution in [0.3, 0.4) is 0 Å². The summed E-state index contributed by atoms with van der Waals surface area (Å²) in [5.74, 6) is -0.608. The van der Waals surface area contributed by atoms with Crippen LogP contribution in [0, 0.1) is 0 Å². The molecule has 6 nitrogen and oxygen atoms in total. The van der Waals surface area contributed by atoms with Gasteiger partial charge in [0.05, 0.1) is 18.8 Å². The molecule has 4 unspecified atom stereocenters. The Balaban J connectivity index is 4.00. The molecule has 228 valence electrons. The first-order valence-electron chi connectivity index (χ1n) is 15.9. The van der Waals surface area contributed by atoms with Crippen LogP contribution in [0.15, 0.2) is 36.5 Å². The third-order valence-corrected chi connectivity index (χ3v) is 7.06. The average Bonchev–Trinajstić information content (AvgIpc) is 2.94. The molecule has 0 spiro atoms. The van der Waals surface area contributed by atoms with Crippen molar-refractivity contribution in [3.63, 3.8) is 0 Å². The van der Waals surface area contributed by atoms with Crippen LogP contribution < -0.4 is 5.32 Å². The lowest BCUT2D eigenvalue weighted by molar-refractivity contribution is -0.132. The summed E-state index contributed by atoms with van der Waals surface area (Å²) >= 11 is 0. The first-order valence-corrected chi connectivity index (χ1v) is 15.9. The smallest absolute Gasteiger partial charge is 0.249 e. The number of rotatable bonds is 27. The molecule has 0 radical (unpaired) electrons. The van der Waals surface area contributed by atoms with E-state index in [1.165, 1.54) is 51.4 Å². The second-order valence-electron chi connectivity index (χ2n) is 10.8. The van der Waals surface area contributed by atoms with Crippen molar-refractivity contribution in [1.29, 1.82) is 0 Å². The zero-order valence-electron chi connectivity index (χ0n) is 25.1. The normalized spacial score (nSPS) is 15.3. The summed E-state index contributed by atoms with van der Waals surface area (Å²) in [4.78, 5) is 12.3. The third-order valence-electron chi connectivity index (χ3n) is 7.06. The lowest BCUT2D eigenvalue weighted by Gasteiger charge is -2.27. The Bertz CT molecular complexity index is 634. The van der Waals surface area contributed by atoms with Crippen LogP contribution in [-0.2, 0) is 4.79 Å². The number of carbonyl (C=O) groups is 1. The highest BCUT2D eigenvalue weighted by Gasteiger charge is 2.28. The Morgan fingerprint density at radius 1 is 0.615 bits per heavy atom. The lowest BCUT2D eigenvalue weighted by Crippen LogP contribution is -2.53. The van der Waals surface area contributed by atoms with Gasteiger partial charge in [-0.25, -0.2) is 0 Å². The SMILES string of the molecule is CCCC/C=C/CC/C=C/CC/C=C/CCCC(O)C(O)C(CO)NC(=O)C(O)CCCCCCCCCC. The molecule has 0 rings (SSSR count). The summed E-state index contributed by atoms with van der Waals surface area (Å²) in [6.45, 7) is 3.91. The van der Waals surface area contributed by atoms with Crippen LogP contribution in [0.4, 0.5) is 0 Å². The molecule has 0 aliphatic carbocycles. The minimum Gasteiger partial charge on any atom is -0.394 e. The van der Waals surface area contributed by atoms with Crippen LogP contribution in [0.2, 0.25) is 0 Å². The molecule has 6 heteroatoms. The van der Waals surface area contributed by atoms with Gasteiger partial charge in [0.25, 0.3) is 0 Å². The summed E-state index contributed by atoms with van der Waals surface area (Å²) < 4.78 is 0. The van der Waals surface area contributed by atoms with Gasteiger partial charge in [-0.05, 0) is 57.8 Å². The molecule has 0 aromatic heterocycles. The summed E-state index contributed by atoms with van der Waals surface area (Å²) in [7, 11) is 0. The zero-order valence-corrected chi connectivity index (χ0v) is 25.1. The van der Waals surface area contributed by atoms with Crippen LogP contribution in [0.5, 0.6) is 0 Å². The quantitative estimate of drug-likeness (QED) is 0.0579. The van der Waals surface area contributed by atoms with Crippen LogP contribution in [-0.4, -0.2) is 57.3 Å². The van der Waals surface area contributed by atoms with E-state index in [2.05, 4.69) is 55.6 Å². The maximum Gasteiger partial charge on any atom is 0.249 e. The van der Waals surface area contributed by atoms with Gasteiger partial charge in [0.2, 0.25) is 5.91 Å². The van der Waals surface area contributed by atoms with E-state index < -0.39 is 36.9 Å². The topological polar surface area (TPSA) is 110 Å². The molecule has 0 aliphatic rings. The Morgan fingerprint density at radius 2 is 1.08 bits per heavy atom. The van der Waals surface area contributed by atoms with Gasteiger partial charge in [0.15, 0.2) is 0 Å². The van der Waals surface area contributed by atoms with E-state index in [1.807, 2.05) is 0 Å². The first-order chi connectivity index (χ1) is 19.0. The highest BCUT2D eigenvalue weighted by Crippen LogP contribution is 2.13. The van der Waals surface area contributed by atoms with Crippen LogP contribution >= 0.6 is 0 Å². The minimum atomic E-state index is -1.29. The molecule has 1 amide bonds. The van der Waals surface area contributed by atoms with Gasteiger partial charge in [-0.1, -0.05) is 115 Å². The maximum absolute atomic E-state index is 12.3. The summed E-state index contributed by atoms with van der Waals surface area (Å²) in [5.41, 5.74) is 0. The summed E-state index contributed by atoms with van der Waals surface area (Å²) in [5, 5.41) is 43.0. The number of hydrogen-bond donors (Lipinski definition) is 5. The molecule has 39 heavy (non-hydrogen) atoms. The van der Waals surface area contributed by atoms with Gasteiger partial charge in [-0.3, -0.25) is 4.79 Å². The van der Waals surface area contributed by atoms with Gasteiger partial charge in [-0.2, -0.15) is 0 Å². The molecular formula is C33H61NO5. The fourth-order valence-electron chi connectivity index (χ4n) is 4.42. The molecule has 0 aliphatic heterocycles. The van der Waals surface area contributed by atoms with E-state index in [-0.39, 0.29) is 0 Å². The number of nitrogens with one attached hydrogen (secondary N) is 1. The van der Waals surface area contributed by atoms with E-state index in [9.17, 15) is 25.2 Å². The number of carbonyl (C=O) groups excluding carboxylic acids is 1. The van der Waals surface area contributed by atoms with Crippen LogP contribution in [0.1, 0.15) is 136 Å². The monoisotopic (exact) mass is 551 g/mol. The van der Waals surface area contributed by atoms with Crippen molar-refractivity contribution in [1.82, 2.24) is 5.32 Å². The third kappa shape index (κ3) is 23.0.